The molecular formula is C16H28N2S2. The second-order valence-corrected chi connectivity index (χ2v) is 8.86. The first kappa shape index (κ1) is 16.3. The molecule has 0 amide bonds. The predicted octanol–water partition coefficient (Wildman–Crippen LogP) is 4.10. The molecule has 114 valence electrons. The van der Waals surface area contributed by atoms with Crippen LogP contribution in [-0.2, 0) is 11.8 Å². The summed E-state index contributed by atoms with van der Waals surface area (Å²) in [6.45, 7) is 10.1. The van der Waals surface area contributed by atoms with Gasteiger partial charge in [0.1, 0.15) is 0 Å². The van der Waals surface area contributed by atoms with Gasteiger partial charge >= 0.3 is 0 Å². The van der Waals surface area contributed by atoms with Gasteiger partial charge in [-0.05, 0) is 36.8 Å². The van der Waals surface area contributed by atoms with Crippen molar-refractivity contribution in [3.63, 3.8) is 0 Å². The van der Waals surface area contributed by atoms with Crippen LogP contribution in [0.5, 0.6) is 0 Å². The molecule has 0 aliphatic carbocycles. The molecule has 1 saturated heterocycles. The third-order valence-electron chi connectivity index (χ3n) is 3.91. The number of nitrogens with zero attached hydrogens (tertiary/aromatic N) is 1. The molecule has 2 heterocycles. The molecule has 0 radical (unpaired) electrons. The second-order valence-electron chi connectivity index (χ2n) is 6.76. The first-order valence-corrected chi connectivity index (χ1v) is 9.80. The molecule has 1 aromatic rings. The Morgan fingerprint density at radius 3 is 2.80 bits per heavy atom. The highest BCUT2D eigenvalue weighted by Crippen LogP contribution is 2.29. The van der Waals surface area contributed by atoms with Crippen molar-refractivity contribution < 1.29 is 0 Å². The molecule has 2 atom stereocenters. The summed E-state index contributed by atoms with van der Waals surface area (Å²) in [5, 5.41) is 7.31. The van der Waals surface area contributed by atoms with Crippen molar-refractivity contribution in [2.75, 3.05) is 18.1 Å². The van der Waals surface area contributed by atoms with Gasteiger partial charge in [-0.3, -0.25) is 0 Å². The Morgan fingerprint density at radius 2 is 2.25 bits per heavy atom. The van der Waals surface area contributed by atoms with Crippen LogP contribution in [0.1, 0.15) is 51.2 Å². The molecular weight excluding hydrogens is 284 g/mol. The zero-order valence-corrected chi connectivity index (χ0v) is 14.9. The summed E-state index contributed by atoms with van der Waals surface area (Å²) >= 11 is 3.95. The lowest BCUT2D eigenvalue weighted by Crippen LogP contribution is -2.38. The fourth-order valence-electron chi connectivity index (χ4n) is 2.54. The summed E-state index contributed by atoms with van der Waals surface area (Å²) in [5.74, 6) is 3.48. The summed E-state index contributed by atoms with van der Waals surface area (Å²) in [7, 11) is 0. The summed E-state index contributed by atoms with van der Waals surface area (Å²) in [6, 6.07) is 0.615. The fourth-order valence-corrected chi connectivity index (χ4v) is 4.96. The predicted molar refractivity (Wildman–Crippen MR) is 92.0 cm³/mol. The zero-order valence-electron chi connectivity index (χ0n) is 13.2. The van der Waals surface area contributed by atoms with Crippen molar-refractivity contribution in [3.05, 3.63) is 16.1 Å². The Bertz CT molecular complexity index is 403. The number of hydrogen-bond acceptors (Lipinski definition) is 4. The van der Waals surface area contributed by atoms with Crippen molar-refractivity contribution in [1.29, 1.82) is 0 Å². The average molecular weight is 313 g/mol. The Kier molecular flexibility index (Phi) is 5.94. The monoisotopic (exact) mass is 312 g/mol. The van der Waals surface area contributed by atoms with Crippen molar-refractivity contribution in [1.82, 2.24) is 10.3 Å². The Balaban J connectivity index is 2.01. The lowest BCUT2D eigenvalue weighted by atomic mass is 9.93. The Morgan fingerprint density at radius 1 is 1.45 bits per heavy atom. The van der Waals surface area contributed by atoms with Crippen molar-refractivity contribution >= 4 is 23.1 Å². The molecule has 2 nitrogen and oxygen atoms in total. The van der Waals surface area contributed by atoms with E-state index in [4.69, 9.17) is 4.98 Å². The smallest absolute Gasteiger partial charge is 0.0944 e. The third kappa shape index (κ3) is 4.47. The molecule has 20 heavy (non-hydrogen) atoms. The van der Waals surface area contributed by atoms with Crippen LogP contribution in [0, 0.1) is 5.92 Å². The van der Waals surface area contributed by atoms with Gasteiger partial charge in [0.25, 0.3) is 0 Å². The van der Waals surface area contributed by atoms with E-state index < -0.39 is 0 Å². The summed E-state index contributed by atoms with van der Waals surface area (Å²) in [4.78, 5) is 4.87. The molecule has 2 rings (SSSR count). The largest absolute Gasteiger partial charge is 0.313 e. The van der Waals surface area contributed by atoms with Gasteiger partial charge in [-0.1, -0.05) is 27.7 Å². The van der Waals surface area contributed by atoms with Crippen LogP contribution >= 0.6 is 23.1 Å². The van der Waals surface area contributed by atoms with Crippen molar-refractivity contribution in [2.24, 2.45) is 5.92 Å². The molecule has 2 unspecified atom stereocenters. The van der Waals surface area contributed by atoms with E-state index in [2.05, 4.69) is 50.2 Å². The topological polar surface area (TPSA) is 24.9 Å². The van der Waals surface area contributed by atoms with Crippen LogP contribution < -0.4 is 5.32 Å². The maximum atomic E-state index is 4.87. The second kappa shape index (κ2) is 7.28. The highest BCUT2D eigenvalue weighted by atomic mass is 32.2. The number of thioether (sulfide) groups is 1. The molecule has 1 fully saturated rings. The molecule has 1 aliphatic rings. The van der Waals surface area contributed by atoms with Gasteiger partial charge in [0, 0.05) is 23.3 Å². The SMILES string of the molecule is CCCNC(Cc1nc(C(C)(C)C)cs1)C1CCSC1. The van der Waals surface area contributed by atoms with Gasteiger partial charge in [0.05, 0.1) is 10.7 Å². The summed E-state index contributed by atoms with van der Waals surface area (Å²) in [6.07, 6.45) is 3.68. The van der Waals surface area contributed by atoms with E-state index >= 15 is 0 Å². The minimum Gasteiger partial charge on any atom is -0.313 e. The van der Waals surface area contributed by atoms with Gasteiger partial charge in [0.15, 0.2) is 0 Å². The van der Waals surface area contributed by atoms with Gasteiger partial charge in [-0.2, -0.15) is 11.8 Å². The van der Waals surface area contributed by atoms with E-state index in [1.165, 1.54) is 35.0 Å². The van der Waals surface area contributed by atoms with Crippen molar-refractivity contribution in [3.8, 4) is 0 Å². The van der Waals surface area contributed by atoms with E-state index in [-0.39, 0.29) is 5.41 Å². The van der Waals surface area contributed by atoms with Crippen LogP contribution in [0.15, 0.2) is 5.38 Å². The number of nitrogens with one attached hydrogen (secondary N) is 1. The first-order chi connectivity index (χ1) is 9.50. The lowest BCUT2D eigenvalue weighted by molar-refractivity contribution is 0.379. The third-order valence-corrected chi connectivity index (χ3v) is 5.96. The van der Waals surface area contributed by atoms with Crippen molar-refractivity contribution in [2.45, 2.75) is 58.4 Å². The Labute approximate surface area is 132 Å². The summed E-state index contributed by atoms with van der Waals surface area (Å²) < 4.78 is 0. The van der Waals surface area contributed by atoms with E-state index in [9.17, 15) is 0 Å². The molecule has 0 aromatic carbocycles. The van der Waals surface area contributed by atoms with Gasteiger partial charge in [-0.15, -0.1) is 11.3 Å². The zero-order chi connectivity index (χ0) is 14.6. The molecule has 0 bridgehead atoms. The highest BCUT2D eigenvalue weighted by molar-refractivity contribution is 7.99. The number of thiazole rings is 1. The van der Waals surface area contributed by atoms with Gasteiger partial charge in [-0.25, -0.2) is 4.98 Å². The Hall–Kier alpha value is -0.0600. The van der Waals surface area contributed by atoms with E-state index in [1.54, 1.807) is 0 Å². The lowest BCUT2D eigenvalue weighted by Gasteiger charge is -2.23. The normalized spacial score (nSPS) is 21.3. The average Bonchev–Trinajstić information content (AvgIpc) is 3.04. The van der Waals surface area contributed by atoms with Crippen LogP contribution in [0.2, 0.25) is 0 Å². The van der Waals surface area contributed by atoms with Crippen LogP contribution in [-0.4, -0.2) is 29.1 Å². The maximum Gasteiger partial charge on any atom is 0.0944 e. The molecule has 0 saturated carbocycles. The quantitative estimate of drug-likeness (QED) is 0.856. The van der Waals surface area contributed by atoms with Crippen LogP contribution in [0.25, 0.3) is 0 Å². The van der Waals surface area contributed by atoms with Crippen LogP contribution in [0.4, 0.5) is 0 Å². The first-order valence-electron chi connectivity index (χ1n) is 7.76. The molecule has 1 aliphatic heterocycles. The van der Waals surface area contributed by atoms with Crippen LogP contribution in [0.3, 0.4) is 0 Å². The standard InChI is InChI=1S/C16H28N2S2/c1-5-7-17-13(12-6-8-19-10-12)9-15-18-14(11-20-15)16(2,3)4/h11-13,17H,5-10H2,1-4H3. The number of hydrogen-bond donors (Lipinski definition) is 1. The van der Waals surface area contributed by atoms with E-state index in [1.807, 2.05) is 11.3 Å². The maximum absolute atomic E-state index is 4.87. The number of rotatable bonds is 6. The fraction of sp³-hybridized carbons (Fsp3) is 0.812. The van der Waals surface area contributed by atoms with Gasteiger partial charge < -0.3 is 5.32 Å². The molecule has 4 heteroatoms. The van der Waals surface area contributed by atoms with Gasteiger partial charge in [0.2, 0.25) is 0 Å². The van der Waals surface area contributed by atoms with E-state index in [0.29, 0.717) is 6.04 Å². The molecule has 1 aromatic heterocycles. The minimum absolute atomic E-state index is 0.171. The highest BCUT2D eigenvalue weighted by Gasteiger charge is 2.26. The molecule has 1 N–H and O–H groups in total. The minimum atomic E-state index is 0.171. The summed E-state index contributed by atoms with van der Waals surface area (Å²) in [5.41, 5.74) is 1.41. The van der Waals surface area contributed by atoms with E-state index in [0.717, 1.165) is 18.9 Å². The molecule has 0 spiro atoms. The number of aromatic nitrogens is 1.